The lowest BCUT2D eigenvalue weighted by atomic mass is 9.98. The Balaban J connectivity index is 1.33. The standard InChI is InChI=1S/C26H28N4O5/c1-30-15-21(25(33)27-14-8-2-3-13-23(31)32)24(29-30)28-26(34)35-16-22-19-11-6-4-9-17(19)18-10-5-7-12-20(18)22/h4-7,9-12,15,22H,2-3,8,13-14,16H2,1H3,(H,27,33)(H,31,32)(H,28,29,34). The van der Waals surface area contributed by atoms with E-state index in [1.165, 1.54) is 10.9 Å². The fourth-order valence-electron chi connectivity index (χ4n) is 4.35. The van der Waals surface area contributed by atoms with Gasteiger partial charge in [-0.15, -0.1) is 0 Å². The van der Waals surface area contributed by atoms with E-state index in [2.05, 4.69) is 27.9 Å². The van der Waals surface area contributed by atoms with E-state index in [-0.39, 0.29) is 36.2 Å². The molecule has 4 rings (SSSR count). The first kappa shape index (κ1) is 24.0. The van der Waals surface area contributed by atoms with Gasteiger partial charge in [0.25, 0.3) is 5.91 Å². The van der Waals surface area contributed by atoms with Crippen LogP contribution in [0.15, 0.2) is 54.7 Å². The molecule has 0 aliphatic heterocycles. The highest BCUT2D eigenvalue weighted by atomic mass is 16.5. The maximum absolute atomic E-state index is 12.6. The molecule has 2 aromatic carbocycles. The molecule has 0 fully saturated rings. The van der Waals surface area contributed by atoms with Gasteiger partial charge in [0, 0.05) is 32.1 Å². The quantitative estimate of drug-likeness (QED) is 0.378. The summed E-state index contributed by atoms with van der Waals surface area (Å²) in [5, 5.41) is 18.2. The van der Waals surface area contributed by atoms with Crippen molar-refractivity contribution in [3.05, 3.63) is 71.4 Å². The third-order valence-corrected chi connectivity index (χ3v) is 5.99. The summed E-state index contributed by atoms with van der Waals surface area (Å²) in [6.07, 6.45) is 2.88. The zero-order valence-electron chi connectivity index (χ0n) is 19.5. The number of unbranched alkanes of at least 4 members (excludes halogenated alkanes) is 2. The monoisotopic (exact) mass is 476 g/mol. The van der Waals surface area contributed by atoms with E-state index in [1.807, 2.05) is 36.4 Å². The first-order valence-electron chi connectivity index (χ1n) is 11.6. The minimum atomic E-state index is -0.826. The normalized spacial score (nSPS) is 12.0. The molecule has 35 heavy (non-hydrogen) atoms. The van der Waals surface area contributed by atoms with E-state index < -0.39 is 12.1 Å². The van der Waals surface area contributed by atoms with E-state index in [4.69, 9.17) is 9.84 Å². The first-order valence-corrected chi connectivity index (χ1v) is 11.6. The highest BCUT2D eigenvalue weighted by Crippen LogP contribution is 2.44. The molecular formula is C26H28N4O5. The predicted molar refractivity (Wildman–Crippen MR) is 130 cm³/mol. The molecule has 1 aliphatic rings. The number of ether oxygens (including phenoxy) is 1. The van der Waals surface area contributed by atoms with Gasteiger partial charge in [-0.2, -0.15) is 5.10 Å². The van der Waals surface area contributed by atoms with Gasteiger partial charge in [0.15, 0.2) is 5.82 Å². The Bertz CT molecular complexity index is 1190. The van der Waals surface area contributed by atoms with Crippen LogP contribution in [-0.4, -0.2) is 46.0 Å². The molecule has 1 aliphatic carbocycles. The Hall–Kier alpha value is -4.14. The van der Waals surface area contributed by atoms with Gasteiger partial charge < -0.3 is 15.2 Å². The molecular weight excluding hydrogens is 448 g/mol. The first-order chi connectivity index (χ1) is 16.9. The summed E-state index contributed by atoms with van der Waals surface area (Å²) < 4.78 is 7.00. The number of carbonyl (C=O) groups is 3. The van der Waals surface area contributed by atoms with Gasteiger partial charge in [-0.05, 0) is 35.1 Å². The fourth-order valence-corrected chi connectivity index (χ4v) is 4.35. The summed E-state index contributed by atoms with van der Waals surface area (Å²) in [5.74, 6) is -1.15. The van der Waals surface area contributed by atoms with E-state index in [1.54, 1.807) is 7.05 Å². The Morgan fingerprint density at radius 2 is 1.66 bits per heavy atom. The lowest BCUT2D eigenvalue weighted by molar-refractivity contribution is -0.137. The Morgan fingerprint density at radius 1 is 1.00 bits per heavy atom. The average Bonchev–Trinajstić information content (AvgIpc) is 3.37. The lowest BCUT2D eigenvalue weighted by Crippen LogP contribution is -2.26. The van der Waals surface area contributed by atoms with Gasteiger partial charge >= 0.3 is 12.1 Å². The number of nitrogens with one attached hydrogen (secondary N) is 2. The van der Waals surface area contributed by atoms with Crippen LogP contribution in [0.1, 0.15) is 53.1 Å². The van der Waals surface area contributed by atoms with Crippen LogP contribution < -0.4 is 10.6 Å². The molecule has 0 atom stereocenters. The fraction of sp³-hybridized carbons (Fsp3) is 0.308. The van der Waals surface area contributed by atoms with Crippen LogP contribution in [-0.2, 0) is 16.6 Å². The van der Waals surface area contributed by atoms with E-state index >= 15 is 0 Å². The van der Waals surface area contributed by atoms with Crippen molar-refractivity contribution < 1.29 is 24.2 Å². The second kappa shape index (κ2) is 10.9. The minimum absolute atomic E-state index is 0.0687. The van der Waals surface area contributed by atoms with Crippen LogP contribution >= 0.6 is 0 Å². The smallest absolute Gasteiger partial charge is 0.412 e. The summed E-state index contributed by atoms with van der Waals surface area (Å²) >= 11 is 0. The second-order valence-electron chi connectivity index (χ2n) is 8.48. The van der Waals surface area contributed by atoms with Crippen molar-refractivity contribution >= 4 is 23.8 Å². The summed E-state index contributed by atoms with van der Waals surface area (Å²) in [4.78, 5) is 35.8. The number of nitrogens with zero attached hydrogens (tertiary/aromatic N) is 2. The number of aliphatic carboxylic acids is 1. The van der Waals surface area contributed by atoms with Crippen LogP contribution in [0.3, 0.4) is 0 Å². The molecule has 3 N–H and O–H groups in total. The van der Waals surface area contributed by atoms with Crippen molar-refractivity contribution in [3.63, 3.8) is 0 Å². The Morgan fingerprint density at radius 3 is 2.31 bits per heavy atom. The number of carboxylic acid groups (broad SMARTS) is 1. The molecule has 2 amide bonds. The number of carbonyl (C=O) groups excluding carboxylic acids is 2. The average molecular weight is 477 g/mol. The van der Waals surface area contributed by atoms with Crippen LogP contribution in [0, 0.1) is 0 Å². The number of carboxylic acids is 1. The SMILES string of the molecule is Cn1cc(C(=O)NCCCCCC(=O)O)c(NC(=O)OCC2c3ccccc3-c3ccccc32)n1. The highest BCUT2D eigenvalue weighted by molar-refractivity contribution is 6.01. The van der Waals surface area contributed by atoms with Crippen molar-refractivity contribution in [2.24, 2.45) is 7.05 Å². The number of anilines is 1. The molecule has 9 nitrogen and oxygen atoms in total. The molecule has 182 valence electrons. The third-order valence-electron chi connectivity index (χ3n) is 5.99. The number of amides is 2. The van der Waals surface area contributed by atoms with Gasteiger partial charge in [-0.1, -0.05) is 55.0 Å². The van der Waals surface area contributed by atoms with Crippen molar-refractivity contribution in [1.82, 2.24) is 15.1 Å². The molecule has 3 aromatic rings. The summed E-state index contributed by atoms with van der Waals surface area (Å²) in [5.41, 5.74) is 4.74. The number of fused-ring (bicyclic) bond motifs is 3. The molecule has 0 spiro atoms. The van der Waals surface area contributed by atoms with Crippen LogP contribution in [0.4, 0.5) is 10.6 Å². The molecule has 9 heteroatoms. The van der Waals surface area contributed by atoms with E-state index in [0.717, 1.165) is 22.3 Å². The minimum Gasteiger partial charge on any atom is -0.481 e. The van der Waals surface area contributed by atoms with Gasteiger partial charge in [-0.3, -0.25) is 19.6 Å². The van der Waals surface area contributed by atoms with Crippen LogP contribution in [0.25, 0.3) is 11.1 Å². The van der Waals surface area contributed by atoms with Crippen LogP contribution in [0.2, 0.25) is 0 Å². The van der Waals surface area contributed by atoms with E-state index in [9.17, 15) is 14.4 Å². The zero-order valence-corrected chi connectivity index (χ0v) is 19.5. The molecule has 0 radical (unpaired) electrons. The number of hydrogen-bond acceptors (Lipinski definition) is 5. The van der Waals surface area contributed by atoms with Crippen molar-refractivity contribution in [2.45, 2.75) is 31.6 Å². The predicted octanol–water partition coefficient (Wildman–Crippen LogP) is 4.16. The molecule has 1 heterocycles. The zero-order chi connectivity index (χ0) is 24.8. The topological polar surface area (TPSA) is 123 Å². The maximum Gasteiger partial charge on any atom is 0.412 e. The third kappa shape index (κ3) is 5.68. The van der Waals surface area contributed by atoms with Crippen LogP contribution in [0.5, 0.6) is 0 Å². The van der Waals surface area contributed by atoms with Gasteiger partial charge in [0.1, 0.15) is 12.2 Å². The summed E-state index contributed by atoms with van der Waals surface area (Å²) in [6.45, 7) is 0.558. The molecule has 0 unspecified atom stereocenters. The highest BCUT2D eigenvalue weighted by Gasteiger charge is 2.29. The number of rotatable bonds is 10. The summed E-state index contributed by atoms with van der Waals surface area (Å²) in [6, 6.07) is 16.2. The maximum atomic E-state index is 12.6. The number of hydrogen-bond donors (Lipinski definition) is 3. The number of benzene rings is 2. The number of aryl methyl sites for hydroxylation is 1. The van der Waals surface area contributed by atoms with Gasteiger partial charge in [0.2, 0.25) is 0 Å². The Labute approximate surface area is 203 Å². The Kier molecular flexibility index (Phi) is 7.45. The lowest BCUT2D eigenvalue weighted by Gasteiger charge is -2.14. The van der Waals surface area contributed by atoms with E-state index in [0.29, 0.717) is 25.8 Å². The van der Waals surface area contributed by atoms with Gasteiger partial charge in [-0.25, -0.2) is 4.79 Å². The summed E-state index contributed by atoms with van der Waals surface area (Å²) in [7, 11) is 1.66. The molecule has 0 saturated carbocycles. The number of aromatic nitrogens is 2. The second-order valence-corrected chi connectivity index (χ2v) is 8.48. The van der Waals surface area contributed by atoms with Crippen molar-refractivity contribution in [1.29, 1.82) is 0 Å². The van der Waals surface area contributed by atoms with Gasteiger partial charge in [0.05, 0.1) is 0 Å². The van der Waals surface area contributed by atoms with Crippen molar-refractivity contribution in [3.8, 4) is 11.1 Å². The molecule has 0 bridgehead atoms. The largest absolute Gasteiger partial charge is 0.481 e. The van der Waals surface area contributed by atoms with Crippen molar-refractivity contribution in [2.75, 3.05) is 18.5 Å². The molecule has 1 aromatic heterocycles. The molecule has 0 saturated heterocycles.